The summed E-state index contributed by atoms with van der Waals surface area (Å²) in [5, 5.41) is 0. The van der Waals surface area contributed by atoms with Crippen molar-refractivity contribution in [2.45, 2.75) is 0 Å². The standard InChI is InChI=1S/2C7H9NO.Zn/c2*1-9-7-5-3-2-4-6(7)8;/h2*2-5H,8H2,1H3;. The van der Waals surface area contributed by atoms with Gasteiger partial charge in [-0.05, 0) is 24.3 Å². The third-order valence-corrected chi connectivity index (χ3v) is 2.28. The molecule has 0 radical (unpaired) electrons. The van der Waals surface area contributed by atoms with Crippen molar-refractivity contribution in [1.29, 1.82) is 0 Å². The summed E-state index contributed by atoms with van der Waals surface area (Å²) in [7, 11) is 3.21. The molecule has 4 nitrogen and oxygen atoms in total. The van der Waals surface area contributed by atoms with Gasteiger partial charge in [0.15, 0.2) is 0 Å². The molecule has 0 spiro atoms. The average molecular weight is 312 g/mol. The van der Waals surface area contributed by atoms with Gasteiger partial charge in [0.05, 0.1) is 25.6 Å². The van der Waals surface area contributed by atoms with Crippen LogP contribution in [0.15, 0.2) is 48.5 Å². The average Bonchev–Trinajstić information content (AvgIpc) is 2.41. The maximum absolute atomic E-state index is 5.51. The molecule has 0 aromatic heterocycles. The van der Waals surface area contributed by atoms with Gasteiger partial charge in [0.2, 0.25) is 0 Å². The minimum Gasteiger partial charge on any atom is -0.495 e. The van der Waals surface area contributed by atoms with E-state index in [0.717, 1.165) is 11.5 Å². The van der Waals surface area contributed by atoms with Crippen molar-refractivity contribution in [2.24, 2.45) is 0 Å². The third-order valence-electron chi connectivity index (χ3n) is 2.28. The van der Waals surface area contributed by atoms with Crippen LogP contribution in [0.25, 0.3) is 0 Å². The molecule has 0 heterocycles. The Hall–Kier alpha value is -1.74. The molecule has 0 aliphatic heterocycles. The SMILES string of the molecule is COc1ccccc1N.COc1ccccc1N.[Zn]. The van der Waals surface area contributed by atoms with Gasteiger partial charge in [0.25, 0.3) is 0 Å². The Balaban J connectivity index is 0.000000324. The maximum atomic E-state index is 5.51. The molecule has 0 amide bonds. The quantitative estimate of drug-likeness (QED) is 0.660. The molecule has 0 unspecified atom stereocenters. The van der Waals surface area contributed by atoms with Gasteiger partial charge in [0.1, 0.15) is 11.5 Å². The number of hydrogen-bond donors (Lipinski definition) is 2. The minimum atomic E-state index is 0. The zero-order chi connectivity index (χ0) is 13.4. The van der Waals surface area contributed by atoms with E-state index < -0.39 is 0 Å². The summed E-state index contributed by atoms with van der Waals surface area (Å²) < 4.78 is 9.84. The second-order valence-electron chi connectivity index (χ2n) is 3.48. The molecule has 0 saturated carbocycles. The Morgan fingerprint density at radius 2 is 1.00 bits per heavy atom. The first-order valence-electron chi connectivity index (χ1n) is 5.46. The molecule has 2 aromatic rings. The first-order valence-corrected chi connectivity index (χ1v) is 5.46. The number of nitrogen functional groups attached to an aromatic ring is 2. The Labute approximate surface area is 126 Å². The Morgan fingerprint density at radius 3 is 1.21 bits per heavy atom. The zero-order valence-electron chi connectivity index (χ0n) is 11.3. The van der Waals surface area contributed by atoms with Gasteiger partial charge < -0.3 is 20.9 Å². The van der Waals surface area contributed by atoms with Gasteiger partial charge >= 0.3 is 0 Å². The maximum Gasteiger partial charge on any atom is 0.141 e. The van der Waals surface area contributed by atoms with Crippen LogP contribution in [-0.2, 0) is 19.5 Å². The summed E-state index contributed by atoms with van der Waals surface area (Å²) in [6, 6.07) is 14.8. The summed E-state index contributed by atoms with van der Waals surface area (Å²) >= 11 is 0. The predicted octanol–water partition coefficient (Wildman–Crippen LogP) is 2.55. The summed E-state index contributed by atoms with van der Waals surface area (Å²) in [4.78, 5) is 0. The molecule has 0 fully saturated rings. The van der Waals surface area contributed by atoms with Crippen LogP contribution in [0, 0.1) is 0 Å². The number of para-hydroxylation sites is 4. The molecule has 4 N–H and O–H groups in total. The van der Waals surface area contributed by atoms with Crippen LogP contribution in [0.3, 0.4) is 0 Å². The van der Waals surface area contributed by atoms with Crippen LogP contribution < -0.4 is 20.9 Å². The van der Waals surface area contributed by atoms with Gasteiger partial charge in [-0.3, -0.25) is 0 Å². The van der Waals surface area contributed by atoms with Crippen LogP contribution in [-0.4, -0.2) is 14.2 Å². The van der Waals surface area contributed by atoms with Gasteiger partial charge in [-0.2, -0.15) is 0 Å². The number of methoxy groups -OCH3 is 2. The number of anilines is 2. The largest absolute Gasteiger partial charge is 0.495 e. The second-order valence-corrected chi connectivity index (χ2v) is 3.48. The molecular weight excluding hydrogens is 294 g/mol. The Bertz CT molecular complexity index is 447. The summed E-state index contributed by atoms with van der Waals surface area (Å²) in [5.74, 6) is 1.47. The van der Waals surface area contributed by atoms with Crippen LogP contribution in [0.2, 0.25) is 0 Å². The van der Waals surface area contributed by atoms with Gasteiger partial charge in [-0.15, -0.1) is 0 Å². The summed E-state index contributed by atoms with van der Waals surface area (Å²) in [5.41, 5.74) is 12.4. The number of benzene rings is 2. The first kappa shape index (κ1) is 17.3. The van der Waals surface area contributed by atoms with Crippen LogP contribution in [0.4, 0.5) is 11.4 Å². The molecule has 0 saturated heterocycles. The van der Waals surface area contributed by atoms with Crippen LogP contribution in [0.1, 0.15) is 0 Å². The molecule has 0 aliphatic carbocycles. The van der Waals surface area contributed by atoms with Crippen molar-refractivity contribution in [3.8, 4) is 11.5 Å². The van der Waals surface area contributed by atoms with Crippen LogP contribution >= 0.6 is 0 Å². The van der Waals surface area contributed by atoms with E-state index in [1.165, 1.54) is 0 Å². The molecule has 0 aliphatic rings. The molecule has 2 rings (SSSR count). The van der Waals surface area contributed by atoms with Crippen molar-refractivity contribution >= 4 is 11.4 Å². The Morgan fingerprint density at radius 1 is 0.684 bits per heavy atom. The van der Waals surface area contributed by atoms with Gasteiger partial charge in [-0.1, -0.05) is 24.3 Å². The van der Waals surface area contributed by atoms with Crippen molar-refractivity contribution in [2.75, 3.05) is 25.7 Å². The van der Waals surface area contributed by atoms with E-state index in [1.807, 2.05) is 36.4 Å². The molecule has 0 atom stereocenters. The van der Waals surface area contributed by atoms with Crippen molar-refractivity contribution in [3.63, 3.8) is 0 Å². The number of rotatable bonds is 2. The Kier molecular flexibility index (Phi) is 8.38. The summed E-state index contributed by atoms with van der Waals surface area (Å²) in [6.07, 6.45) is 0. The minimum absolute atomic E-state index is 0. The second kappa shape index (κ2) is 9.23. The smallest absolute Gasteiger partial charge is 0.141 e. The predicted molar refractivity (Wildman–Crippen MR) is 74.8 cm³/mol. The monoisotopic (exact) mass is 310 g/mol. The molecule has 98 valence electrons. The van der Waals surface area contributed by atoms with E-state index >= 15 is 0 Å². The fraction of sp³-hybridized carbons (Fsp3) is 0.143. The molecule has 5 heteroatoms. The van der Waals surface area contributed by atoms with Crippen molar-refractivity contribution < 1.29 is 29.0 Å². The van der Waals surface area contributed by atoms with E-state index in [2.05, 4.69) is 0 Å². The number of hydrogen-bond acceptors (Lipinski definition) is 4. The van der Waals surface area contributed by atoms with E-state index in [4.69, 9.17) is 20.9 Å². The fourth-order valence-electron chi connectivity index (χ4n) is 1.33. The number of nitrogens with two attached hydrogens (primary N) is 2. The molecule has 2 aromatic carbocycles. The van der Waals surface area contributed by atoms with Crippen LogP contribution in [0.5, 0.6) is 11.5 Å². The van der Waals surface area contributed by atoms with E-state index in [9.17, 15) is 0 Å². The van der Waals surface area contributed by atoms with Gasteiger partial charge in [0, 0.05) is 19.5 Å². The van der Waals surface area contributed by atoms with Gasteiger partial charge in [-0.25, -0.2) is 0 Å². The van der Waals surface area contributed by atoms with E-state index in [-0.39, 0.29) is 19.5 Å². The fourth-order valence-corrected chi connectivity index (χ4v) is 1.33. The third kappa shape index (κ3) is 5.62. The zero-order valence-corrected chi connectivity index (χ0v) is 14.3. The molecule has 19 heavy (non-hydrogen) atoms. The van der Waals surface area contributed by atoms with Crippen molar-refractivity contribution in [3.05, 3.63) is 48.5 Å². The molecular formula is C14H18N2O2Zn. The van der Waals surface area contributed by atoms with Crippen molar-refractivity contribution in [1.82, 2.24) is 0 Å². The topological polar surface area (TPSA) is 70.5 Å². The summed E-state index contributed by atoms with van der Waals surface area (Å²) in [6.45, 7) is 0. The normalized spacial score (nSPS) is 8.53. The van der Waals surface area contributed by atoms with E-state index in [0.29, 0.717) is 11.4 Å². The molecule has 0 bridgehead atoms. The number of ether oxygens (including phenoxy) is 2. The first-order chi connectivity index (χ1) is 8.69. The van der Waals surface area contributed by atoms with E-state index in [1.54, 1.807) is 26.4 Å².